The Balaban J connectivity index is 1.33. The normalized spacial score (nSPS) is 18.2. The third kappa shape index (κ3) is 5.18. The lowest BCUT2D eigenvalue weighted by molar-refractivity contribution is 0.0934. The summed E-state index contributed by atoms with van der Waals surface area (Å²) in [5.74, 6) is -2.72. The lowest BCUT2D eigenvalue weighted by Gasteiger charge is -2.29. The largest absolute Gasteiger partial charge is 0.362 e. The SMILES string of the molecule is CN(C)c1nc(NC2CCC(CNC(=O)c3c(F)cc(F)cc3F)CC2)nc2ccccc12. The maximum atomic E-state index is 13.8. The zero-order chi connectivity index (χ0) is 23.5. The molecule has 1 amide bonds. The van der Waals surface area contributed by atoms with Gasteiger partial charge in [-0.25, -0.2) is 18.2 Å². The number of halogens is 3. The van der Waals surface area contributed by atoms with Crippen LogP contribution in [-0.4, -0.2) is 42.6 Å². The highest BCUT2D eigenvalue weighted by molar-refractivity contribution is 5.94. The molecule has 33 heavy (non-hydrogen) atoms. The van der Waals surface area contributed by atoms with Crippen LogP contribution >= 0.6 is 0 Å². The Morgan fingerprint density at radius 1 is 1.03 bits per heavy atom. The van der Waals surface area contributed by atoms with Gasteiger partial charge in [-0.1, -0.05) is 12.1 Å². The summed E-state index contributed by atoms with van der Waals surface area (Å²) in [7, 11) is 3.89. The van der Waals surface area contributed by atoms with Gasteiger partial charge in [0.15, 0.2) is 0 Å². The predicted molar refractivity (Wildman–Crippen MR) is 122 cm³/mol. The van der Waals surface area contributed by atoms with Crippen LogP contribution in [0.3, 0.4) is 0 Å². The third-order valence-corrected chi connectivity index (χ3v) is 5.97. The molecule has 1 fully saturated rings. The first kappa shape index (κ1) is 22.8. The number of nitrogens with zero attached hydrogens (tertiary/aromatic N) is 3. The summed E-state index contributed by atoms with van der Waals surface area (Å²) in [6, 6.07) is 9.07. The van der Waals surface area contributed by atoms with E-state index in [1.165, 1.54) is 0 Å². The van der Waals surface area contributed by atoms with Crippen molar-refractivity contribution >= 4 is 28.6 Å². The fourth-order valence-corrected chi connectivity index (χ4v) is 4.24. The van der Waals surface area contributed by atoms with E-state index in [0.29, 0.717) is 24.6 Å². The average Bonchev–Trinajstić information content (AvgIpc) is 2.77. The number of anilines is 2. The van der Waals surface area contributed by atoms with Crippen LogP contribution in [-0.2, 0) is 0 Å². The topological polar surface area (TPSA) is 70.2 Å². The van der Waals surface area contributed by atoms with Gasteiger partial charge < -0.3 is 15.5 Å². The molecular weight excluding hydrogens is 431 g/mol. The summed E-state index contributed by atoms with van der Waals surface area (Å²) < 4.78 is 40.6. The molecule has 0 spiro atoms. The number of amides is 1. The van der Waals surface area contributed by atoms with Gasteiger partial charge in [0.1, 0.15) is 28.8 Å². The fraction of sp³-hybridized carbons (Fsp3) is 0.375. The summed E-state index contributed by atoms with van der Waals surface area (Å²) in [4.78, 5) is 23.5. The van der Waals surface area contributed by atoms with E-state index < -0.39 is 28.9 Å². The van der Waals surface area contributed by atoms with Crippen molar-refractivity contribution in [1.82, 2.24) is 15.3 Å². The van der Waals surface area contributed by atoms with Crippen molar-refractivity contribution in [3.8, 4) is 0 Å². The van der Waals surface area contributed by atoms with Crippen LogP contribution in [0, 0.1) is 23.4 Å². The number of fused-ring (bicyclic) bond motifs is 1. The Morgan fingerprint density at radius 3 is 2.36 bits per heavy atom. The van der Waals surface area contributed by atoms with Gasteiger partial charge in [-0.3, -0.25) is 4.79 Å². The zero-order valence-electron chi connectivity index (χ0n) is 18.5. The molecule has 6 nitrogen and oxygen atoms in total. The van der Waals surface area contributed by atoms with Gasteiger partial charge >= 0.3 is 0 Å². The van der Waals surface area contributed by atoms with Crippen molar-refractivity contribution in [3.05, 3.63) is 59.4 Å². The van der Waals surface area contributed by atoms with E-state index >= 15 is 0 Å². The average molecular weight is 458 g/mol. The molecular formula is C24H26F3N5O. The van der Waals surface area contributed by atoms with Crippen LogP contribution in [0.1, 0.15) is 36.0 Å². The second kappa shape index (κ2) is 9.64. The minimum absolute atomic E-state index is 0.188. The maximum Gasteiger partial charge on any atom is 0.257 e. The van der Waals surface area contributed by atoms with Gasteiger partial charge in [-0.15, -0.1) is 0 Å². The van der Waals surface area contributed by atoms with E-state index in [-0.39, 0.29) is 12.0 Å². The summed E-state index contributed by atoms with van der Waals surface area (Å²) in [6.45, 7) is 0.305. The van der Waals surface area contributed by atoms with Crippen LogP contribution < -0.4 is 15.5 Å². The number of benzene rings is 2. The Labute approximate surface area is 190 Å². The molecule has 2 N–H and O–H groups in total. The van der Waals surface area contributed by atoms with E-state index in [2.05, 4.69) is 20.6 Å². The summed E-state index contributed by atoms with van der Waals surface area (Å²) in [5, 5.41) is 7.00. The van der Waals surface area contributed by atoms with E-state index in [1.54, 1.807) is 0 Å². The van der Waals surface area contributed by atoms with E-state index in [9.17, 15) is 18.0 Å². The Kier molecular flexibility index (Phi) is 6.67. The molecule has 0 aliphatic heterocycles. The van der Waals surface area contributed by atoms with Crippen molar-refractivity contribution in [3.63, 3.8) is 0 Å². The number of aromatic nitrogens is 2. The Morgan fingerprint density at radius 2 is 1.70 bits per heavy atom. The Bertz CT molecular complexity index is 1140. The van der Waals surface area contributed by atoms with Crippen LogP contribution in [0.15, 0.2) is 36.4 Å². The highest BCUT2D eigenvalue weighted by Gasteiger charge is 2.24. The van der Waals surface area contributed by atoms with E-state index in [1.807, 2.05) is 43.3 Å². The van der Waals surface area contributed by atoms with Gasteiger partial charge in [-0.2, -0.15) is 4.98 Å². The first-order chi connectivity index (χ1) is 15.8. The maximum absolute atomic E-state index is 13.8. The quantitative estimate of drug-likeness (QED) is 0.570. The molecule has 1 aliphatic carbocycles. The molecule has 0 atom stereocenters. The summed E-state index contributed by atoms with van der Waals surface area (Å²) in [5.41, 5.74) is 0.118. The first-order valence-electron chi connectivity index (χ1n) is 10.9. The highest BCUT2D eigenvalue weighted by atomic mass is 19.1. The van der Waals surface area contributed by atoms with Crippen molar-refractivity contribution in [1.29, 1.82) is 0 Å². The van der Waals surface area contributed by atoms with Crippen LogP contribution in [0.5, 0.6) is 0 Å². The fourth-order valence-electron chi connectivity index (χ4n) is 4.24. The molecule has 9 heteroatoms. The molecule has 0 saturated heterocycles. The number of rotatable bonds is 6. The van der Waals surface area contributed by atoms with Crippen LogP contribution in [0.25, 0.3) is 10.9 Å². The number of carbonyl (C=O) groups is 1. The smallest absolute Gasteiger partial charge is 0.257 e. The molecule has 1 heterocycles. The number of carbonyl (C=O) groups excluding carboxylic acids is 1. The number of hydrogen-bond acceptors (Lipinski definition) is 5. The van der Waals surface area contributed by atoms with Gasteiger partial charge in [-0.05, 0) is 43.7 Å². The van der Waals surface area contributed by atoms with Crippen LogP contribution in [0.2, 0.25) is 0 Å². The number of para-hydroxylation sites is 1. The zero-order valence-corrected chi connectivity index (χ0v) is 18.5. The monoisotopic (exact) mass is 457 g/mol. The highest BCUT2D eigenvalue weighted by Crippen LogP contribution is 2.28. The lowest BCUT2D eigenvalue weighted by atomic mass is 9.86. The first-order valence-corrected chi connectivity index (χ1v) is 10.9. The van der Waals surface area contributed by atoms with Crippen molar-refractivity contribution < 1.29 is 18.0 Å². The Hall–Kier alpha value is -3.36. The van der Waals surface area contributed by atoms with Crippen molar-refractivity contribution in [2.24, 2.45) is 5.92 Å². The minimum Gasteiger partial charge on any atom is -0.362 e. The van der Waals surface area contributed by atoms with E-state index in [4.69, 9.17) is 0 Å². The lowest BCUT2D eigenvalue weighted by Crippen LogP contribution is -2.35. The molecule has 1 aliphatic rings. The molecule has 2 aromatic carbocycles. The van der Waals surface area contributed by atoms with E-state index in [0.717, 1.165) is 42.4 Å². The molecule has 0 unspecified atom stereocenters. The molecule has 3 aromatic rings. The minimum atomic E-state index is -1.20. The van der Waals surface area contributed by atoms with Crippen molar-refractivity contribution in [2.75, 3.05) is 30.9 Å². The van der Waals surface area contributed by atoms with Crippen molar-refractivity contribution in [2.45, 2.75) is 31.7 Å². The van der Waals surface area contributed by atoms with Gasteiger partial charge in [0.05, 0.1) is 5.52 Å². The molecule has 1 aromatic heterocycles. The molecule has 174 valence electrons. The predicted octanol–water partition coefficient (Wildman–Crippen LogP) is 4.51. The number of hydrogen-bond donors (Lipinski definition) is 2. The van der Waals surface area contributed by atoms with Gasteiger partial charge in [0.2, 0.25) is 5.95 Å². The molecule has 0 radical (unpaired) electrons. The van der Waals surface area contributed by atoms with Crippen LogP contribution in [0.4, 0.5) is 24.9 Å². The molecule has 4 rings (SSSR count). The second-order valence-electron chi connectivity index (χ2n) is 8.60. The number of nitrogens with one attached hydrogen (secondary N) is 2. The molecule has 0 bridgehead atoms. The third-order valence-electron chi connectivity index (χ3n) is 5.97. The van der Waals surface area contributed by atoms with Gasteiger partial charge in [0, 0.05) is 44.2 Å². The second-order valence-corrected chi connectivity index (χ2v) is 8.60. The van der Waals surface area contributed by atoms with Gasteiger partial charge in [0.25, 0.3) is 5.91 Å². The standard InChI is InChI=1S/C24H26F3N5O/c1-32(2)22-17-5-3-4-6-20(17)30-24(31-22)29-16-9-7-14(8-10-16)13-28-23(33)21-18(26)11-15(25)12-19(21)27/h3-6,11-12,14,16H,7-10,13H2,1-2H3,(H,28,33)(H,29,30,31). The summed E-state index contributed by atoms with van der Waals surface area (Å²) >= 11 is 0. The molecule has 1 saturated carbocycles. The summed E-state index contributed by atoms with van der Waals surface area (Å²) in [6.07, 6.45) is 3.38.